The molecular weight excluding hydrogens is 208 g/mol. The maximum atomic E-state index is 8.87. The van der Waals surface area contributed by atoms with Crippen LogP contribution >= 0.6 is 11.3 Å². The molecule has 0 aliphatic carbocycles. The molecule has 1 heterocycles. The summed E-state index contributed by atoms with van der Waals surface area (Å²) in [6, 6.07) is 0.129. The molecule has 0 spiro atoms. The van der Waals surface area contributed by atoms with E-state index in [9.17, 15) is 0 Å². The Hall–Kier alpha value is -0.450. The minimum absolute atomic E-state index is 0.129. The first kappa shape index (κ1) is 12.6. The van der Waals surface area contributed by atoms with Crippen molar-refractivity contribution < 1.29 is 5.11 Å². The second kappa shape index (κ2) is 5.05. The first-order valence-electron chi connectivity index (χ1n) is 5.22. The number of nitrogens with one attached hydrogen (secondary N) is 1. The van der Waals surface area contributed by atoms with Crippen LogP contribution in [0.3, 0.4) is 0 Å². The van der Waals surface area contributed by atoms with Crippen LogP contribution in [0, 0.1) is 0 Å². The van der Waals surface area contributed by atoms with Crippen molar-refractivity contribution in [1.82, 2.24) is 10.3 Å². The largest absolute Gasteiger partial charge is 0.395 e. The third-order valence-corrected chi connectivity index (χ3v) is 3.42. The van der Waals surface area contributed by atoms with Crippen molar-refractivity contribution in [2.75, 3.05) is 6.61 Å². The Labute approximate surface area is 95.6 Å². The van der Waals surface area contributed by atoms with Crippen molar-refractivity contribution in [3.05, 3.63) is 16.1 Å². The molecule has 4 heteroatoms. The van der Waals surface area contributed by atoms with E-state index in [1.165, 1.54) is 0 Å². The lowest BCUT2D eigenvalue weighted by Crippen LogP contribution is -2.28. The molecule has 0 bridgehead atoms. The molecular formula is C11H20N2OS. The fraction of sp³-hybridized carbons (Fsp3) is 0.727. The van der Waals surface area contributed by atoms with Gasteiger partial charge in [0.25, 0.3) is 0 Å². The Morgan fingerprint density at radius 2 is 2.20 bits per heavy atom. The fourth-order valence-electron chi connectivity index (χ4n) is 1.08. The van der Waals surface area contributed by atoms with Gasteiger partial charge in [0.05, 0.1) is 17.3 Å². The summed E-state index contributed by atoms with van der Waals surface area (Å²) in [5.41, 5.74) is 1.19. The van der Waals surface area contributed by atoms with Gasteiger partial charge in [-0.15, -0.1) is 11.3 Å². The molecule has 0 unspecified atom stereocenters. The molecule has 1 rings (SSSR count). The monoisotopic (exact) mass is 228 g/mol. The number of aromatic nitrogens is 1. The molecule has 0 amide bonds. The van der Waals surface area contributed by atoms with E-state index in [2.05, 4.69) is 36.5 Å². The zero-order valence-corrected chi connectivity index (χ0v) is 10.7. The van der Waals surface area contributed by atoms with E-state index >= 15 is 0 Å². The summed E-state index contributed by atoms with van der Waals surface area (Å²) >= 11 is 1.70. The van der Waals surface area contributed by atoms with E-state index in [-0.39, 0.29) is 18.1 Å². The minimum atomic E-state index is 0.129. The Kier molecular flexibility index (Phi) is 4.25. The molecule has 15 heavy (non-hydrogen) atoms. The lowest BCUT2D eigenvalue weighted by Gasteiger charge is -2.13. The van der Waals surface area contributed by atoms with Crippen LogP contribution < -0.4 is 5.32 Å². The average Bonchev–Trinajstić information content (AvgIpc) is 2.61. The zero-order valence-electron chi connectivity index (χ0n) is 9.87. The van der Waals surface area contributed by atoms with Crippen LogP contribution in [0.25, 0.3) is 0 Å². The summed E-state index contributed by atoms with van der Waals surface area (Å²) in [5, 5.41) is 15.3. The van der Waals surface area contributed by atoms with Gasteiger partial charge in [-0.2, -0.15) is 0 Å². The van der Waals surface area contributed by atoms with Gasteiger partial charge >= 0.3 is 0 Å². The van der Waals surface area contributed by atoms with E-state index in [4.69, 9.17) is 5.11 Å². The number of hydrogen-bond donors (Lipinski definition) is 2. The zero-order chi connectivity index (χ0) is 11.5. The predicted molar refractivity (Wildman–Crippen MR) is 64.2 cm³/mol. The van der Waals surface area contributed by atoms with Gasteiger partial charge < -0.3 is 10.4 Å². The number of aliphatic hydroxyl groups is 1. The molecule has 0 aromatic carbocycles. The van der Waals surface area contributed by atoms with Crippen LogP contribution in [0.4, 0.5) is 0 Å². The molecule has 0 aliphatic rings. The highest BCUT2D eigenvalue weighted by Gasteiger charge is 2.17. The van der Waals surface area contributed by atoms with Crippen molar-refractivity contribution in [2.45, 2.75) is 45.7 Å². The van der Waals surface area contributed by atoms with Crippen LogP contribution in [-0.4, -0.2) is 22.7 Å². The van der Waals surface area contributed by atoms with E-state index < -0.39 is 0 Å². The number of hydrogen-bond acceptors (Lipinski definition) is 4. The van der Waals surface area contributed by atoms with Gasteiger partial charge in [0.15, 0.2) is 0 Å². The first-order chi connectivity index (χ1) is 6.93. The summed E-state index contributed by atoms with van der Waals surface area (Å²) in [7, 11) is 0. The third kappa shape index (κ3) is 3.89. The highest BCUT2D eigenvalue weighted by molar-refractivity contribution is 7.09. The SMILES string of the molecule is C[C@@H](CO)NCc1csc(C(C)(C)C)n1. The van der Waals surface area contributed by atoms with Gasteiger partial charge in [-0.1, -0.05) is 20.8 Å². The lowest BCUT2D eigenvalue weighted by molar-refractivity contribution is 0.250. The molecule has 0 saturated heterocycles. The molecule has 0 radical (unpaired) electrons. The average molecular weight is 228 g/mol. The Morgan fingerprint density at radius 1 is 1.53 bits per heavy atom. The first-order valence-corrected chi connectivity index (χ1v) is 6.10. The van der Waals surface area contributed by atoms with Crippen LogP contribution in [0.2, 0.25) is 0 Å². The van der Waals surface area contributed by atoms with Crippen molar-refractivity contribution in [3.8, 4) is 0 Å². The van der Waals surface area contributed by atoms with Crippen molar-refractivity contribution in [1.29, 1.82) is 0 Å². The number of rotatable bonds is 4. The van der Waals surface area contributed by atoms with Crippen LogP contribution in [0.15, 0.2) is 5.38 Å². The Morgan fingerprint density at radius 3 is 2.67 bits per heavy atom. The second-order valence-electron chi connectivity index (χ2n) is 4.86. The van der Waals surface area contributed by atoms with E-state index in [1.807, 2.05) is 6.92 Å². The molecule has 1 aromatic rings. The number of aliphatic hydroxyl groups excluding tert-OH is 1. The highest BCUT2D eigenvalue weighted by Crippen LogP contribution is 2.25. The fourth-order valence-corrected chi connectivity index (χ4v) is 1.98. The lowest BCUT2D eigenvalue weighted by atomic mass is 9.98. The maximum Gasteiger partial charge on any atom is 0.0982 e. The van der Waals surface area contributed by atoms with Gasteiger partial charge in [0.2, 0.25) is 0 Å². The van der Waals surface area contributed by atoms with E-state index in [1.54, 1.807) is 11.3 Å². The molecule has 0 fully saturated rings. The Bertz CT molecular complexity index is 304. The summed E-state index contributed by atoms with van der Waals surface area (Å²) < 4.78 is 0. The Balaban J connectivity index is 2.54. The van der Waals surface area contributed by atoms with E-state index in [0.29, 0.717) is 0 Å². The summed E-state index contributed by atoms with van der Waals surface area (Å²) in [5.74, 6) is 0. The van der Waals surface area contributed by atoms with Crippen molar-refractivity contribution in [2.24, 2.45) is 0 Å². The number of nitrogens with zero attached hydrogens (tertiary/aromatic N) is 1. The topological polar surface area (TPSA) is 45.1 Å². The van der Waals surface area contributed by atoms with Gasteiger partial charge in [-0.3, -0.25) is 0 Å². The molecule has 86 valence electrons. The van der Waals surface area contributed by atoms with Gasteiger partial charge in [-0.05, 0) is 6.92 Å². The van der Waals surface area contributed by atoms with Crippen LogP contribution in [0.1, 0.15) is 38.4 Å². The predicted octanol–water partition coefficient (Wildman–Crippen LogP) is 1.91. The normalized spacial score (nSPS) is 14.2. The molecule has 1 aromatic heterocycles. The molecule has 1 atom stereocenters. The van der Waals surface area contributed by atoms with Crippen molar-refractivity contribution >= 4 is 11.3 Å². The maximum absolute atomic E-state index is 8.87. The van der Waals surface area contributed by atoms with Crippen LogP contribution in [-0.2, 0) is 12.0 Å². The van der Waals surface area contributed by atoms with Gasteiger partial charge in [-0.25, -0.2) is 4.98 Å². The molecule has 0 saturated carbocycles. The van der Waals surface area contributed by atoms with Gasteiger partial charge in [0, 0.05) is 23.4 Å². The van der Waals surface area contributed by atoms with Crippen LogP contribution in [0.5, 0.6) is 0 Å². The van der Waals surface area contributed by atoms with E-state index in [0.717, 1.165) is 17.2 Å². The molecule has 3 nitrogen and oxygen atoms in total. The number of thiazole rings is 1. The molecule has 2 N–H and O–H groups in total. The summed E-state index contributed by atoms with van der Waals surface area (Å²) in [6.07, 6.45) is 0. The quantitative estimate of drug-likeness (QED) is 0.827. The van der Waals surface area contributed by atoms with Crippen molar-refractivity contribution in [3.63, 3.8) is 0 Å². The third-order valence-electron chi connectivity index (χ3n) is 2.10. The second-order valence-corrected chi connectivity index (χ2v) is 5.72. The summed E-state index contributed by atoms with van der Waals surface area (Å²) in [6.45, 7) is 9.35. The highest BCUT2D eigenvalue weighted by atomic mass is 32.1. The standard InChI is InChI=1S/C11H20N2OS/c1-8(6-14)12-5-9-7-15-10(13-9)11(2,3)4/h7-8,12,14H,5-6H2,1-4H3/t8-/m0/s1. The minimum Gasteiger partial charge on any atom is -0.395 e. The summed E-state index contributed by atoms with van der Waals surface area (Å²) in [4.78, 5) is 4.56. The molecule has 0 aliphatic heterocycles. The van der Waals surface area contributed by atoms with Gasteiger partial charge in [0.1, 0.15) is 0 Å². The smallest absolute Gasteiger partial charge is 0.0982 e.